The first kappa shape index (κ1) is 19.6. The van der Waals surface area contributed by atoms with Crippen molar-refractivity contribution in [1.29, 1.82) is 0 Å². The number of nitrogens with one attached hydrogen (secondary N) is 1. The van der Waals surface area contributed by atoms with Gasteiger partial charge in [0.15, 0.2) is 0 Å². The van der Waals surface area contributed by atoms with Gasteiger partial charge in [-0.25, -0.2) is 9.78 Å². The third-order valence-electron chi connectivity index (χ3n) is 3.08. The van der Waals surface area contributed by atoms with Crippen molar-refractivity contribution in [1.82, 2.24) is 4.98 Å². The minimum Gasteiger partial charge on any atom is -0.463 e. The number of ether oxygens (including phenoxy) is 1. The summed E-state index contributed by atoms with van der Waals surface area (Å²) >= 11 is 0.221. The fourth-order valence-electron chi connectivity index (χ4n) is 1.97. The predicted molar refractivity (Wildman–Crippen MR) is 96.2 cm³/mol. The molecular formula is C18H16F2N2O3S. The lowest BCUT2D eigenvalue weighted by Gasteiger charge is -2.09. The van der Waals surface area contributed by atoms with Gasteiger partial charge in [-0.15, -0.1) is 0 Å². The van der Waals surface area contributed by atoms with E-state index in [0.717, 1.165) is 5.56 Å². The number of hydrogen-bond donors (Lipinski definition) is 1. The van der Waals surface area contributed by atoms with Gasteiger partial charge in [0.2, 0.25) is 0 Å². The van der Waals surface area contributed by atoms with E-state index in [4.69, 9.17) is 4.74 Å². The summed E-state index contributed by atoms with van der Waals surface area (Å²) in [6.07, 6.45) is 4.24. The molecule has 0 aliphatic rings. The maximum atomic E-state index is 12.6. The minimum atomic E-state index is -2.66. The van der Waals surface area contributed by atoms with Crippen molar-refractivity contribution in [3.05, 3.63) is 59.8 Å². The summed E-state index contributed by atoms with van der Waals surface area (Å²) in [7, 11) is 0. The molecule has 0 spiro atoms. The first-order valence-corrected chi connectivity index (χ1v) is 8.53. The molecule has 1 amide bonds. The summed E-state index contributed by atoms with van der Waals surface area (Å²) in [6, 6.07) is 9.61. The van der Waals surface area contributed by atoms with E-state index < -0.39 is 17.6 Å². The fourth-order valence-corrected chi connectivity index (χ4v) is 2.55. The van der Waals surface area contributed by atoms with Crippen LogP contribution in [0.4, 0.5) is 14.5 Å². The summed E-state index contributed by atoms with van der Waals surface area (Å²) in [5, 5.41) is 2.60. The highest BCUT2D eigenvalue weighted by Crippen LogP contribution is 2.26. The monoisotopic (exact) mass is 378 g/mol. The number of pyridine rings is 1. The number of nitrogens with zero attached hydrogens (tertiary/aromatic N) is 1. The van der Waals surface area contributed by atoms with Crippen LogP contribution in [0.25, 0.3) is 6.08 Å². The van der Waals surface area contributed by atoms with Crippen LogP contribution in [0.2, 0.25) is 0 Å². The van der Waals surface area contributed by atoms with Gasteiger partial charge in [0.25, 0.3) is 11.7 Å². The van der Waals surface area contributed by atoms with Crippen molar-refractivity contribution in [3.63, 3.8) is 0 Å². The molecular weight excluding hydrogens is 362 g/mol. The van der Waals surface area contributed by atoms with Crippen LogP contribution >= 0.6 is 11.8 Å². The smallest absolute Gasteiger partial charge is 0.330 e. The molecule has 136 valence electrons. The van der Waals surface area contributed by atoms with Crippen molar-refractivity contribution in [2.75, 3.05) is 11.9 Å². The lowest BCUT2D eigenvalue weighted by molar-refractivity contribution is -0.137. The molecule has 0 atom stereocenters. The molecule has 0 aliphatic carbocycles. The van der Waals surface area contributed by atoms with Crippen molar-refractivity contribution in [3.8, 4) is 0 Å². The van der Waals surface area contributed by atoms with E-state index in [1.807, 2.05) is 0 Å². The number of hydrogen-bond acceptors (Lipinski definition) is 5. The normalized spacial score (nSPS) is 10.9. The number of thioether (sulfide) groups is 1. The number of aromatic nitrogens is 1. The van der Waals surface area contributed by atoms with Gasteiger partial charge < -0.3 is 10.1 Å². The average Bonchev–Trinajstić information content (AvgIpc) is 2.61. The Bertz CT molecular complexity index is 795. The van der Waals surface area contributed by atoms with Crippen LogP contribution in [0.1, 0.15) is 22.8 Å². The number of anilines is 1. The SMILES string of the molecule is CCOC(=O)/C=C/c1ccc(NC(=O)c2cccnc2SC(F)F)cc1. The number of alkyl halides is 2. The molecule has 26 heavy (non-hydrogen) atoms. The lowest BCUT2D eigenvalue weighted by Crippen LogP contribution is -2.13. The molecule has 1 N–H and O–H groups in total. The standard InChI is InChI=1S/C18H16F2N2O3S/c1-2-25-15(23)10-7-12-5-8-13(9-6-12)22-16(24)14-4-3-11-21-17(14)26-18(19)20/h3-11,18H,2H2,1H3,(H,22,24)/b10-7+. The van der Waals surface area contributed by atoms with Crippen LogP contribution in [0.15, 0.2) is 53.7 Å². The summed E-state index contributed by atoms with van der Waals surface area (Å²) in [5.74, 6) is -3.64. The first-order valence-electron chi connectivity index (χ1n) is 7.65. The Morgan fingerprint density at radius 1 is 1.27 bits per heavy atom. The largest absolute Gasteiger partial charge is 0.463 e. The Morgan fingerprint density at radius 3 is 2.65 bits per heavy atom. The summed E-state index contributed by atoms with van der Waals surface area (Å²) in [6.45, 7) is 2.02. The second-order valence-corrected chi connectivity index (χ2v) is 5.87. The van der Waals surface area contributed by atoms with Crippen LogP contribution in [0.5, 0.6) is 0 Å². The summed E-state index contributed by atoms with van der Waals surface area (Å²) in [5.41, 5.74) is 1.30. The Hall–Kier alpha value is -2.74. The Labute approximate surface area is 153 Å². The van der Waals surface area contributed by atoms with E-state index in [2.05, 4.69) is 10.3 Å². The Morgan fingerprint density at radius 2 is 2.00 bits per heavy atom. The Kier molecular flexibility index (Phi) is 7.28. The van der Waals surface area contributed by atoms with Crippen LogP contribution in [0, 0.1) is 0 Å². The molecule has 2 rings (SSSR count). The Balaban J connectivity index is 2.05. The van der Waals surface area contributed by atoms with Crippen LogP contribution in [-0.2, 0) is 9.53 Å². The average molecular weight is 378 g/mol. The number of halogens is 2. The van der Waals surface area contributed by atoms with E-state index in [1.165, 1.54) is 24.4 Å². The third-order valence-corrected chi connectivity index (χ3v) is 3.81. The van der Waals surface area contributed by atoms with Crippen molar-refractivity contribution in [2.45, 2.75) is 17.7 Å². The molecule has 0 saturated heterocycles. The molecule has 0 bridgehead atoms. The number of esters is 1. The van der Waals surface area contributed by atoms with Gasteiger partial charge in [0.1, 0.15) is 5.03 Å². The summed E-state index contributed by atoms with van der Waals surface area (Å²) in [4.78, 5) is 27.4. The zero-order valence-electron chi connectivity index (χ0n) is 13.8. The van der Waals surface area contributed by atoms with Gasteiger partial charge in [0.05, 0.1) is 12.2 Å². The van der Waals surface area contributed by atoms with Crippen LogP contribution < -0.4 is 5.32 Å². The molecule has 0 unspecified atom stereocenters. The summed E-state index contributed by atoms with van der Waals surface area (Å²) < 4.78 is 29.9. The maximum Gasteiger partial charge on any atom is 0.330 e. The second-order valence-electron chi connectivity index (χ2n) is 4.90. The number of benzene rings is 1. The van der Waals surface area contributed by atoms with Crippen LogP contribution in [-0.4, -0.2) is 29.2 Å². The molecule has 1 aromatic heterocycles. The molecule has 1 heterocycles. The van der Waals surface area contributed by atoms with Gasteiger partial charge >= 0.3 is 5.97 Å². The molecule has 8 heteroatoms. The highest BCUT2D eigenvalue weighted by molar-refractivity contribution is 7.99. The van der Waals surface area contributed by atoms with Crippen molar-refractivity contribution >= 4 is 35.4 Å². The number of carbonyl (C=O) groups is 2. The van der Waals surface area contributed by atoms with Gasteiger partial charge in [0, 0.05) is 18.0 Å². The van der Waals surface area contributed by atoms with Crippen molar-refractivity contribution in [2.24, 2.45) is 0 Å². The van der Waals surface area contributed by atoms with Gasteiger partial charge in [-0.3, -0.25) is 4.79 Å². The number of rotatable bonds is 7. The first-order chi connectivity index (χ1) is 12.5. The zero-order valence-corrected chi connectivity index (χ0v) is 14.6. The van der Waals surface area contributed by atoms with Gasteiger partial charge in [-0.1, -0.05) is 12.1 Å². The molecule has 0 aliphatic heterocycles. The van der Waals surface area contributed by atoms with E-state index in [9.17, 15) is 18.4 Å². The molecule has 2 aromatic rings. The van der Waals surface area contributed by atoms with E-state index in [1.54, 1.807) is 37.3 Å². The zero-order chi connectivity index (χ0) is 18.9. The van der Waals surface area contributed by atoms with Gasteiger partial charge in [-0.2, -0.15) is 8.78 Å². The number of amides is 1. The highest BCUT2D eigenvalue weighted by Gasteiger charge is 2.16. The second kappa shape index (κ2) is 9.67. The molecule has 0 radical (unpaired) electrons. The van der Waals surface area contributed by atoms with E-state index >= 15 is 0 Å². The maximum absolute atomic E-state index is 12.6. The molecule has 0 saturated carbocycles. The highest BCUT2D eigenvalue weighted by atomic mass is 32.2. The molecule has 1 aromatic carbocycles. The van der Waals surface area contributed by atoms with E-state index in [-0.39, 0.29) is 22.4 Å². The lowest BCUT2D eigenvalue weighted by atomic mass is 10.2. The molecule has 0 fully saturated rings. The van der Waals surface area contributed by atoms with Gasteiger partial charge in [-0.05, 0) is 54.6 Å². The quantitative estimate of drug-likeness (QED) is 0.444. The van der Waals surface area contributed by atoms with Crippen molar-refractivity contribution < 1.29 is 23.1 Å². The minimum absolute atomic E-state index is 0.0333. The predicted octanol–water partition coefficient (Wildman–Crippen LogP) is 4.22. The van der Waals surface area contributed by atoms with E-state index in [0.29, 0.717) is 12.3 Å². The fraction of sp³-hybridized carbons (Fsp3) is 0.167. The topological polar surface area (TPSA) is 68.3 Å². The third kappa shape index (κ3) is 5.96. The molecule has 5 nitrogen and oxygen atoms in total. The van der Waals surface area contributed by atoms with Crippen LogP contribution in [0.3, 0.4) is 0 Å². The number of carbonyl (C=O) groups excluding carboxylic acids is 2.